The second-order valence-corrected chi connectivity index (χ2v) is 15.6. The number of nitrogen functional groups attached to an aromatic ring is 1. The molecule has 270 valence electrons. The molecule has 8 nitrogen and oxygen atoms in total. The van der Waals surface area contributed by atoms with Crippen LogP contribution in [0.25, 0.3) is 32.1 Å². The summed E-state index contributed by atoms with van der Waals surface area (Å²) < 4.78 is 103. The van der Waals surface area contributed by atoms with Gasteiger partial charge in [0.1, 0.15) is 34.8 Å². The van der Waals surface area contributed by atoms with Crippen LogP contribution < -0.4 is 20.1 Å². The molecule has 4 aliphatic rings. The summed E-state index contributed by atoms with van der Waals surface area (Å²) in [7, 11) is 0. The summed E-state index contributed by atoms with van der Waals surface area (Å²) in [5.41, 5.74) is 4.86. The highest BCUT2D eigenvalue weighted by Crippen LogP contribution is 2.53. The van der Waals surface area contributed by atoms with Crippen LogP contribution in [0.15, 0.2) is 12.1 Å². The van der Waals surface area contributed by atoms with Gasteiger partial charge in [0.2, 0.25) is 6.43 Å². The molecule has 2 aromatic carbocycles. The fraction of sp³-hybridized carbons (Fsp3) is 0.514. The number of fused-ring (bicyclic) bond motifs is 4. The number of benzene rings is 2. The van der Waals surface area contributed by atoms with E-state index in [0.717, 1.165) is 49.8 Å². The molecule has 0 spiro atoms. The lowest BCUT2D eigenvalue weighted by Crippen LogP contribution is -2.52. The minimum Gasteiger partial charge on any atom is -0.482 e. The Balaban J connectivity index is 1.39. The van der Waals surface area contributed by atoms with Gasteiger partial charge < -0.3 is 20.1 Å². The predicted octanol–water partition coefficient (Wildman–Crippen LogP) is 8.42. The number of hydrogen-bond acceptors (Lipinski definition) is 9. The van der Waals surface area contributed by atoms with Crippen molar-refractivity contribution in [3.63, 3.8) is 0 Å². The predicted molar refractivity (Wildman–Crippen MR) is 182 cm³/mol. The molecule has 0 bridgehead atoms. The minimum atomic E-state index is -3.13. The second-order valence-electron chi connectivity index (χ2n) is 14.1. The first-order valence-electron chi connectivity index (χ1n) is 16.9. The first-order valence-corrected chi connectivity index (χ1v) is 18.1. The zero-order chi connectivity index (χ0) is 35.9. The van der Waals surface area contributed by atoms with Gasteiger partial charge in [-0.25, -0.2) is 26.3 Å². The van der Waals surface area contributed by atoms with Crippen LogP contribution in [0.3, 0.4) is 0 Å². The molecular formula is C35H33ClF6N6O2S. The van der Waals surface area contributed by atoms with Gasteiger partial charge >= 0.3 is 6.01 Å². The molecule has 4 aromatic rings. The van der Waals surface area contributed by atoms with Crippen molar-refractivity contribution >= 4 is 54.7 Å². The standard InChI is InChI=1S/C35H33ClF6N6O2S/c1-15-11-35(7-3-8-47(35)13-15)14-49-34-45-27-24-28(50-21(31(41)42)10-20-16(30(39)40)4-2-9-48(20)33(24)46-34)25(36)23(26(27)38)17-5-6-19(37)29-22(17)18(12-43)32(44)51-29/h5-6,15-16,20-21,30-31H,2-4,7-11,13-14,44H2,1H3/t15-,16?,20?,21?,35?/m1/s1. The third-order valence-electron chi connectivity index (χ3n) is 11.1. The minimum absolute atomic E-state index is 0.00797. The van der Waals surface area contributed by atoms with Crippen molar-refractivity contribution in [2.24, 2.45) is 11.8 Å². The molecule has 16 heteroatoms. The fourth-order valence-corrected chi connectivity index (χ4v) is 10.2. The van der Waals surface area contributed by atoms with Crippen LogP contribution >= 0.6 is 22.9 Å². The van der Waals surface area contributed by atoms with Crippen molar-refractivity contribution in [2.45, 2.75) is 76.0 Å². The van der Waals surface area contributed by atoms with Crippen molar-refractivity contribution in [1.82, 2.24) is 14.9 Å². The van der Waals surface area contributed by atoms with Gasteiger partial charge in [-0.1, -0.05) is 24.6 Å². The van der Waals surface area contributed by atoms with Crippen LogP contribution in [0.2, 0.25) is 5.02 Å². The van der Waals surface area contributed by atoms with Gasteiger partial charge in [0, 0.05) is 42.4 Å². The lowest BCUT2D eigenvalue weighted by molar-refractivity contribution is -0.0163. The number of piperidine rings is 1. The number of aromatic nitrogens is 2. The monoisotopic (exact) mass is 750 g/mol. The van der Waals surface area contributed by atoms with E-state index < -0.39 is 59.5 Å². The van der Waals surface area contributed by atoms with E-state index in [2.05, 4.69) is 21.8 Å². The van der Waals surface area contributed by atoms with Crippen molar-refractivity contribution in [1.29, 1.82) is 5.26 Å². The Morgan fingerprint density at radius 3 is 2.71 bits per heavy atom. The lowest BCUT2D eigenvalue weighted by Gasteiger charge is -2.44. The van der Waals surface area contributed by atoms with Crippen LogP contribution in [0.4, 0.5) is 37.2 Å². The van der Waals surface area contributed by atoms with E-state index in [4.69, 9.17) is 26.8 Å². The molecule has 0 aliphatic carbocycles. The number of nitrogens with zero attached hydrogens (tertiary/aromatic N) is 5. The molecule has 3 saturated heterocycles. The summed E-state index contributed by atoms with van der Waals surface area (Å²) in [4.78, 5) is 13.1. The molecule has 4 unspecified atom stereocenters. The van der Waals surface area contributed by atoms with Crippen LogP contribution in [0, 0.1) is 34.8 Å². The molecule has 3 fully saturated rings. The van der Waals surface area contributed by atoms with Crippen LogP contribution in [0.5, 0.6) is 11.8 Å². The molecule has 0 radical (unpaired) electrons. The molecular weight excluding hydrogens is 718 g/mol. The molecule has 2 aromatic heterocycles. The van der Waals surface area contributed by atoms with Gasteiger partial charge in [-0.15, -0.1) is 11.3 Å². The summed E-state index contributed by atoms with van der Waals surface area (Å²) in [6, 6.07) is 2.89. The normalized spacial score (nSPS) is 26.3. The summed E-state index contributed by atoms with van der Waals surface area (Å²) in [5.74, 6) is -2.99. The van der Waals surface area contributed by atoms with Crippen LogP contribution in [-0.2, 0) is 0 Å². The number of nitriles is 1. The van der Waals surface area contributed by atoms with E-state index in [9.17, 15) is 22.8 Å². The van der Waals surface area contributed by atoms with Crippen molar-refractivity contribution in [3.05, 3.63) is 34.4 Å². The first kappa shape index (κ1) is 34.4. The summed E-state index contributed by atoms with van der Waals surface area (Å²) in [6.45, 7) is 4.35. The van der Waals surface area contributed by atoms with Gasteiger partial charge in [-0.3, -0.25) is 4.90 Å². The average molecular weight is 751 g/mol. The van der Waals surface area contributed by atoms with Gasteiger partial charge in [-0.2, -0.15) is 15.2 Å². The van der Waals surface area contributed by atoms with E-state index in [1.807, 2.05) is 6.07 Å². The quantitative estimate of drug-likeness (QED) is 0.196. The van der Waals surface area contributed by atoms with E-state index in [-0.39, 0.29) is 79.9 Å². The zero-order valence-electron chi connectivity index (χ0n) is 27.4. The number of ether oxygens (including phenoxy) is 2. The molecule has 0 saturated carbocycles. The van der Waals surface area contributed by atoms with E-state index in [1.54, 1.807) is 0 Å². The zero-order valence-corrected chi connectivity index (χ0v) is 28.9. The van der Waals surface area contributed by atoms with Crippen molar-refractivity contribution < 1.29 is 35.8 Å². The third kappa shape index (κ3) is 5.42. The summed E-state index contributed by atoms with van der Waals surface area (Å²) in [5, 5.41) is 9.30. The topological polar surface area (TPSA) is 101 Å². The Morgan fingerprint density at radius 2 is 1.96 bits per heavy atom. The van der Waals surface area contributed by atoms with Gasteiger partial charge in [0.25, 0.3) is 6.43 Å². The highest BCUT2D eigenvalue weighted by atomic mass is 35.5. The third-order valence-corrected chi connectivity index (χ3v) is 12.5. The van der Waals surface area contributed by atoms with E-state index >= 15 is 8.78 Å². The second kappa shape index (κ2) is 12.7. The number of halogens is 7. The van der Waals surface area contributed by atoms with E-state index in [1.165, 1.54) is 11.0 Å². The van der Waals surface area contributed by atoms with Crippen molar-refractivity contribution in [3.8, 4) is 29.0 Å². The SMILES string of the molecule is C[C@H]1CN2CCCC2(COc2nc3c4c(c(Cl)c(-c5ccc(F)c6sc(N)c(C#N)c56)c(F)c4n2)OC(C(F)F)CC2C(C(F)F)CCCN32)C1. The van der Waals surface area contributed by atoms with Gasteiger partial charge in [-0.05, 0) is 56.2 Å². The van der Waals surface area contributed by atoms with Gasteiger partial charge in [0.05, 0.1) is 26.2 Å². The molecule has 0 amide bonds. The number of rotatable bonds is 6. The van der Waals surface area contributed by atoms with Crippen LogP contribution in [-0.4, -0.2) is 71.6 Å². The molecule has 8 rings (SSSR count). The van der Waals surface area contributed by atoms with E-state index in [0.29, 0.717) is 12.3 Å². The van der Waals surface area contributed by atoms with Crippen molar-refractivity contribution in [2.75, 3.05) is 36.9 Å². The molecule has 51 heavy (non-hydrogen) atoms. The smallest absolute Gasteiger partial charge is 0.319 e. The molecule has 5 atom stereocenters. The molecule has 2 N–H and O–H groups in total. The Morgan fingerprint density at radius 1 is 1.16 bits per heavy atom. The Labute approximate surface area is 298 Å². The fourth-order valence-electron chi connectivity index (χ4n) is 8.92. The maximum absolute atomic E-state index is 17.3. The number of nitrogens with two attached hydrogens (primary N) is 1. The highest BCUT2D eigenvalue weighted by Gasteiger charge is 2.48. The number of thiophene rings is 1. The Kier molecular flexibility index (Phi) is 8.58. The summed E-state index contributed by atoms with van der Waals surface area (Å²) >= 11 is 7.74. The number of anilines is 2. The Bertz CT molecular complexity index is 2100. The molecule has 6 heterocycles. The van der Waals surface area contributed by atoms with Crippen LogP contribution in [0.1, 0.15) is 51.0 Å². The average Bonchev–Trinajstić information content (AvgIpc) is 3.74. The highest BCUT2D eigenvalue weighted by molar-refractivity contribution is 7.23. The molecule has 4 aliphatic heterocycles. The largest absolute Gasteiger partial charge is 0.482 e. The maximum atomic E-state index is 17.3. The summed E-state index contributed by atoms with van der Waals surface area (Å²) in [6.07, 6.45) is -5.21. The Hall–Kier alpha value is -3.74. The maximum Gasteiger partial charge on any atom is 0.319 e. The van der Waals surface area contributed by atoms with Gasteiger partial charge in [0.15, 0.2) is 17.7 Å². The first-order chi connectivity index (χ1) is 24.4. The number of alkyl halides is 4. The number of hydrogen-bond donors (Lipinski definition) is 1. The lowest BCUT2D eigenvalue weighted by atomic mass is 9.85.